The van der Waals surface area contributed by atoms with Crippen LogP contribution in [0.2, 0.25) is 5.02 Å². The van der Waals surface area contributed by atoms with Gasteiger partial charge in [0.1, 0.15) is 5.02 Å². The van der Waals surface area contributed by atoms with Crippen LogP contribution >= 0.6 is 11.6 Å². The van der Waals surface area contributed by atoms with Gasteiger partial charge >= 0.3 is 0 Å². The van der Waals surface area contributed by atoms with E-state index in [9.17, 15) is 4.79 Å². The summed E-state index contributed by atoms with van der Waals surface area (Å²) in [7, 11) is 0. The van der Waals surface area contributed by atoms with Gasteiger partial charge in [-0.2, -0.15) is 5.10 Å². The van der Waals surface area contributed by atoms with Crippen LogP contribution in [0.1, 0.15) is 6.92 Å². The molecule has 16 heavy (non-hydrogen) atoms. The molecule has 6 nitrogen and oxygen atoms in total. The maximum atomic E-state index is 11.7. The van der Waals surface area contributed by atoms with E-state index in [1.807, 2.05) is 0 Å². The van der Waals surface area contributed by atoms with E-state index in [0.717, 1.165) is 0 Å². The molecule has 1 aliphatic rings. The van der Waals surface area contributed by atoms with E-state index in [1.165, 1.54) is 10.9 Å². The minimum absolute atomic E-state index is 0.0309. The largest absolute Gasteiger partial charge is 0.396 e. The molecule has 0 unspecified atom stereocenters. The number of halogens is 1. The first-order valence-electron chi connectivity index (χ1n) is 4.81. The van der Waals surface area contributed by atoms with E-state index in [2.05, 4.69) is 5.10 Å². The first kappa shape index (κ1) is 11.4. The second-order valence-electron chi connectivity index (χ2n) is 3.71. The molecule has 1 fully saturated rings. The van der Waals surface area contributed by atoms with Crippen molar-refractivity contribution in [3.05, 3.63) is 21.6 Å². The fourth-order valence-corrected chi connectivity index (χ4v) is 1.66. The summed E-state index contributed by atoms with van der Waals surface area (Å²) >= 11 is 5.73. The molecule has 0 saturated carbocycles. The monoisotopic (exact) mass is 245 g/mol. The van der Waals surface area contributed by atoms with Gasteiger partial charge in [0, 0.05) is 0 Å². The van der Waals surface area contributed by atoms with Crippen molar-refractivity contribution in [2.24, 2.45) is 0 Å². The normalized spacial score (nSPS) is 18.9. The van der Waals surface area contributed by atoms with Gasteiger partial charge in [-0.1, -0.05) is 11.6 Å². The van der Waals surface area contributed by atoms with Crippen LogP contribution in [0, 0.1) is 0 Å². The zero-order valence-electron chi connectivity index (χ0n) is 8.77. The Labute approximate surface area is 96.9 Å². The van der Waals surface area contributed by atoms with E-state index < -0.39 is 11.3 Å². The lowest BCUT2D eigenvalue weighted by atomic mass is 10.3. The quantitative estimate of drug-likeness (QED) is 0.808. The molecule has 0 bridgehead atoms. The summed E-state index contributed by atoms with van der Waals surface area (Å²) < 4.78 is 11.9. The van der Waals surface area contributed by atoms with Crippen molar-refractivity contribution in [3.8, 4) is 0 Å². The molecule has 2 heterocycles. The lowest BCUT2D eigenvalue weighted by Crippen LogP contribution is -2.37. The number of anilines is 1. The van der Waals surface area contributed by atoms with Crippen LogP contribution < -0.4 is 11.3 Å². The van der Waals surface area contributed by atoms with Crippen LogP contribution in [0.5, 0.6) is 0 Å². The Morgan fingerprint density at radius 3 is 2.88 bits per heavy atom. The molecule has 7 heteroatoms. The molecule has 0 radical (unpaired) electrons. The number of hydrogen-bond acceptors (Lipinski definition) is 5. The summed E-state index contributed by atoms with van der Waals surface area (Å²) in [6.07, 6.45) is 1.34. The van der Waals surface area contributed by atoms with Gasteiger partial charge in [-0.25, -0.2) is 4.68 Å². The van der Waals surface area contributed by atoms with Gasteiger partial charge < -0.3 is 15.2 Å². The number of nitrogens with zero attached hydrogens (tertiary/aromatic N) is 2. The fraction of sp³-hybridized carbons (Fsp3) is 0.556. The van der Waals surface area contributed by atoms with Gasteiger partial charge in [-0.05, 0) is 6.92 Å². The van der Waals surface area contributed by atoms with E-state index in [-0.39, 0.29) is 17.3 Å². The average Bonchev–Trinajstić information content (AvgIpc) is 2.67. The van der Waals surface area contributed by atoms with Crippen molar-refractivity contribution in [2.75, 3.05) is 18.9 Å². The van der Waals surface area contributed by atoms with Crippen LogP contribution in [0.25, 0.3) is 0 Å². The molecule has 2 rings (SSSR count). The molecule has 1 aromatic heterocycles. The zero-order chi connectivity index (χ0) is 11.8. The van der Waals surface area contributed by atoms with Gasteiger partial charge in [-0.15, -0.1) is 0 Å². The number of nitrogens with two attached hydrogens (primary N) is 1. The summed E-state index contributed by atoms with van der Waals surface area (Å²) in [5.41, 5.74) is 5.19. The Hall–Kier alpha value is -1.11. The topological polar surface area (TPSA) is 79.4 Å². The zero-order valence-corrected chi connectivity index (χ0v) is 9.53. The summed E-state index contributed by atoms with van der Waals surface area (Å²) in [6.45, 7) is 2.95. The highest BCUT2D eigenvalue weighted by molar-refractivity contribution is 6.32. The maximum Gasteiger partial charge on any atom is 0.287 e. The summed E-state index contributed by atoms with van der Waals surface area (Å²) in [6, 6.07) is 0. The standard InChI is InChI=1S/C9H12ClN3O3/c1-9(15-2-3-16-9)5-13-8(14)7(10)6(11)4-12-13/h4H,2-3,5,11H2,1H3. The molecule has 0 aliphatic carbocycles. The first-order chi connectivity index (χ1) is 7.52. The number of aromatic nitrogens is 2. The van der Waals surface area contributed by atoms with Crippen molar-refractivity contribution >= 4 is 17.3 Å². The van der Waals surface area contributed by atoms with E-state index in [1.54, 1.807) is 6.92 Å². The summed E-state index contributed by atoms with van der Waals surface area (Å²) in [4.78, 5) is 11.7. The molecule has 0 amide bonds. The number of nitrogen functional groups attached to an aromatic ring is 1. The third kappa shape index (κ3) is 2.04. The van der Waals surface area contributed by atoms with Gasteiger partial charge in [0.05, 0.1) is 31.6 Å². The summed E-state index contributed by atoms with van der Waals surface area (Å²) in [5, 5.41) is 3.85. The van der Waals surface area contributed by atoms with Crippen LogP contribution in [0.4, 0.5) is 5.69 Å². The van der Waals surface area contributed by atoms with Crippen molar-refractivity contribution in [1.29, 1.82) is 0 Å². The highest BCUT2D eigenvalue weighted by Gasteiger charge is 2.32. The molecule has 2 N–H and O–H groups in total. The maximum absolute atomic E-state index is 11.7. The minimum Gasteiger partial charge on any atom is -0.396 e. The molecule has 88 valence electrons. The van der Waals surface area contributed by atoms with Crippen molar-refractivity contribution in [3.63, 3.8) is 0 Å². The molecular formula is C9H12ClN3O3. The highest BCUT2D eigenvalue weighted by Crippen LogP contribution is 2.20. The molecular weight excluding hydrogens is 234 g/mol. The highest BCUT2D eigenvalue weighted by atomic mass is 35.5. The first-order valence-corrected chi connectivity index (χ1v) is 5.19. The van der Waals surface area contributed by atoms with Crippen LogP contribution in [-0.2, 0) is 16.0 Å². The smallest absolute Gasteiger partial charge is 0.287 e. The molecule has 0 spiro atoms. The summed E-state index contributed by atoms with van der Waals surface area (Å²) in [5.74, 6) is -0.823. The predicted molar refractivity (Wildman–Crippen MR) is 58.2 cm³/mol. The lowest BCUT2D eigenvalue weighted by Gasteiger charge is -2.22. The predicted octanol–water partition coefficient (Wildman–Crippen LogP) is 0.242. The second-order valence-corrected chi connectivity index (χ2v) is 4.09. The lowest BCUT2D eigenvalue weighted by molar-refractivity contribution is -0.154. The molecule has 1 aliphatic heterocycles. The molecule has 0 atom stereocenters. The van der Waals surface area contributed by atoms with Gasteiger partial charge in [0.15, 0.2) is 5.79 Å². The van der Waals surface area contributed by atoms with Crippen molar-refractivity contribution in [2.45, 2.75) is 19.3 Å². The molecule has 1 saturated heterocycles. The Morgan fingerprint density at radius 1 is 1.62 bits per heavy atom. The Bertz CT molecular complexity index is 454. The molecule has 1 aromatic rings. The van der Waals surface area contributed by atoms with E-state index >= 15 is 0 Å². The Balaban J connectivity index is 2.28. The van der Waals surface area contributed by atoms with E-state index in [4.69, 9.17) is 26.8 Å². The fourth-order valence-electron chi connectivity index (χ4n) is 1.51. The Kier molecular flexibility index (Phi) is 2.88. The number of rotatable bonds is 2. The van der Waals surface area contributed by atoms with E-state index in [0.29, 0.717) is 13.2 Å². The van der Waals surface area contributed by atoms with Crippen molar-refractivity contribution < 1.29 is 9.47 Å². The van der Waals surface area contributed by atoms with Gasteiger partial charge in [-0.3, -0.25) is 4.79 Å². The van der Waals surface area contributed by atoms with Crippen LogP contribution in [-0.4, -0.2) is 28.8 Å². The van der Waals surface area contributed by atoms with Gasteiger partial charge in [0.25, 0.3) is 5.56 Å². The van der Waals surface area contributed by atoms with Crippen LogP contribution in [0.15, 0.2) is 11.0 Å². The third-order valence-electron chi connectivity index (χ3n) is 2.35. The minimum atomic E-state index is -0.823. The second kappa shape index (κ2) is 4.04. The number of hydrogen-bond donors (Lipinski definition) is 1. The number of ether oxygens (including phenoxy) is 2. The third-order valence-corrected chi connectivity index (χ3v) is 2.73. The van der Waals surface area contributed by atoms with Crippen molar-refractivity contribution in [1.82, 2.24) is 9.78 Å². The Morgan fingerprint density at radius 2 is 2.25 bits per heavy atom. The van der Waals surface area contributed by atoms with Crippen LogP contribution in [0.3, 0.4) is 0 Å². The average molecular weight is 246 g/mol. The molecule has 0 aromatic carbocycles. The van der Waals surface area contributed by atoms with Gasteiger partial charge in [0.2, 0.25) is 0 Å². The SMILES string of the molecule is CC1(Cn2ncc(N)c(Cl)c2=O)OCCO1.